The number of amides is 2. The van der Waals surface area contributed by atoms with E-state index >= 15 is 0 Å². The number of carbonyl (C=O) groups excluding carboxylic acids is 3. The third kappa shape index (κ3) is 7.62. The Hall–Kier alpha value is -4.42. The SMILES string of the molecule is O=C(COC(=O)c1ccccc1NC(=O)Cn1cnnn1)NCCc1ccc(OC(F)F)cc1. The lowest BCUT2D eigenvalue weighted by atomic mass is 10.1. The van der Waals surface area contributed by atoms with Crippen LogP contribution in [0.25, 0.3) is 0 Å². The van der Waals surface area contributed by atoms with Gasteiger partial charge < -0.3 is 20.1 Å². The number of ether oxygens (including phenoxy) is 2. The van der Waals surface area contributed by atoms with Gasteiger partial charge in [-0.05, 0) is 46.7 Å². The Morgan fingerprint density at radius 3 is 2.50 bits per heavy atom. The molecule has 178 valence electrons. The highest BCUT2D eigenvalue weighted by molar-refractivity contribution is 6.01. The maximum absolute atomic E-state index is 12.4. The van der Waals surface area contributed by atoms with Crippen LogP contribution < -0.4 is 15.4 Å². The third-order valence-electron chi connectivity index (χ3n) is 4.34. The van der Waals surface area contributed by atoms with Gasteiger partial charge >= 0.3 is 12.6 Å². The van der Waals surface area contributed by atoms with Crippen molar-refractivity contribution in [1.82, 2.24) is 25.5 Å². The Morgan fingerprint density at radius 2 is 1.79 bits per heavy atom. The van der Waals surface area contributed by atoms with Crippen LogP contribution in [0.1, 0.15) is 15.9 Å². The van der Waals surface area contributed by atoms with Crippen LogP contribution in [0.2, 0.25) is 0 Å². The number of hydrogen-bond acceptors (Lipinski definition) is 8. The number of para-hydroxylation sites is 1. The van der Waals surface area contributed by atoms with E-state index in [0.717, 1.165) is 5.56 Å². The molecule has 2 amide bonds. The molecular weight excluding hydrogens is 454 g/mol. The summed E-state index contributed by atoms with van der Waals surface area (Å²) in [6.07, 6.45) is 1.71. The van der Waals surface area contributed by atoms with Crippen molar-refractivity contribution in [2.75, 3.05) is 18.5 Å². The van der Waals surface area contributed by atoms with Crippen molar-refractivity contribution in [1.29, 1.82) is 0 Å². The Labute approximate surface area is 192 Å². The van der Waals surface area contributed by atoms with E-state index in [-0.39, 0.29) is 30.1 Å². The standard InChI is InChI=1S/C21H20F2N6O5/c22-21(23)34-15-7-5-14(6-8-15)9-10-24-19(31)12-33-20(32)16-3-1-2-4-17(16)26-18(30)11-29-13-25-27-28-29/h1-8,13,21H,9-12H2,(H,24,31)(H,26,30). The molecule has 0 bridgehead atoms. The smallest absolute Gasteiger partial charge is 0.387 e. The summed E-state index contributed by atoms with van der Waals surface area (Å²) >= 11 is 0. The van der Waals surface area contributed by atoms with Gasteiger partial charge in [-0.3, -0.25) is 9.59 Å². The Kier molecular flexibility index (Phi) is 8.54. The first-order valence-corrected chi connectivity index (χ1v) is 9.98. The number of alkyl halides is 2. The number of esters is 1. The van der Waals surface area contributed by atoms with Crippen molar-refractivity contribution < 1.29 is 32.6 Å². The lowest BCUT2D eigenvalue weighted by Crippen LogP contribution is -2.30. The van der Waals surface area contributed by atoms with E-state index in [1.807, 2.05) is 0 Å². The third-order valence-corrected chi connectivity index (χ3v) is 4.34. The van der Waals surface area contributed by atoms with Crippen molar-refractivity contribution in [3.05, 3.63) is 66.0 Å². The molecule has 2 N–H and O–H groups in total. The van der Waals surface area contributed by atoms with Gasteiger partial charge in [0.05, 0.1) is 11.3 Å². The van der Waals surface area contributed by atoms with Gasteiger partial charge in [-0.2, -0.15) is 8.78 Å². The number of anilines is 1. The number of benzene rings is 2. The second-order valence-corrected chi connectivity index (χ2v) is 6.80. The fourth-order valence-electron chi connectivity index (χ4n) is 2.80. The Bertz CT molecular complexity index is 1110. The molecule has 13 heteroatoms. The van der Waals surface area contributed by atoms with E-state index < -0.39 is 31.0 Å². The summed E-state index contributed by atoms with van der Waals surface area (Å²) in [5, 5.41) is 15.6. The minimum Gasteiger partial charge on any atom is -0.452 e. The fourth-order valence-corrected chi connectivity index (χ4v) is 2.80. The maximum atomic E-state index is 12.4. The van der Waals surface area contributed by atoms with Crippen molar-refractivity contribution in [3.63, 3.8) is 0 Å². The quantitative estimate of drug-likeness (QED) is 0.398. The highest BCUT2D eigenvalue weighted by Crippen LogP contribution is 2.17. The lowest BCUT2D eigenvalue weighted by Gasteiger charge is -2.11. The van der Waals surface area contributed by atoms with Gasteiger partial charge in [0.15, 0.2) is 6.61 Å². The first-order chi connectivity index (χ1) is 16.4. The minimum atomic E-state index is -2.90. The van der Waals surface area contributed by atoms with Crippen LogP contribution in [-0.4, -0.2) is 57.8 Å². The molecule has 1 heterocycles. The number of halogens is 2. The molecule has 3 rings (SSSR count). The van der Waals surface area contributed by atoms with Crippen LogP contribution in [-0.2, 0) is 27.3 Å². The largest absolute Gasteiger partial charge is 0.452 e. The monoisotopic (exact) mass is 474 g/mol. The van der Waals surface area contributed by atoms with Crippen LogP contribution in [0.4, 0.5) is 14.5 Å². The van der Waals surface area contributed by atoms with E-state index in [2.05, 4.69) is 30.9 Å². The van der Waals surface area contributed by atoms with Gasteiger partial charge in [0.2, 0.25) is 5.91 Å². The molecule has 0 saturated heterocycles. The van der Waals surface area contributed by atoms with Crippen LogP contribution in [0.3, 0.4) is 0 Å². The number of nitrogens with zero attached hydrogens (tertiary/aromatic N) is 4. The molecule has 3 aromatic rings. The molecule has 34 heavy (non-hydrogen) atoms. The van der Waals surface area contributed by atoms with Gasteiger partial charge in [-0.15, -0.1) is 5.10 Å². The van der Waals surface area contributed by atoms with Crippen molar-refractivity contribution in [2.45, 2.75) is 19.6 Å². The highest BCUT2D eigenvalue weighted by atomic mass is 19.3. The normalized spacial score (nSPS) is 10.6. The first kappa shape index (κ1) is 24.2. The number of hydrogen-bond donors (Lipinski definition) is 2. The summed E-state index contributed by atoms with van der Waals surface area (Å²) in [5.41, 5.74) is 1.09. The van der Waals surface area contributed by atoms with E-state index in [9.17, 15) is 23.2 Å². The molecule has 0 saturated carbocycles. The zero-order valence-electron chi connectivity index (χ0n) is 17.7. The lowest BCUT2D eigenvalue weighted by molar-refractivity contribution is -0.124. The molecule has 0 radical (unpaired) electrons. The summed E-state index contributed by atoms with van der Waals surface area (Å²) in [6.45, 7) is -3.32. The van der Waals surface area contributed by atoms with Gasteiger partial charge in [0.25, 0.3) is 5.91 Å². The Morgan fingerprint density at radius 1 is 1.03 bits per heavy atom. The fraction of sp³-hybridized carbons (Fsp3) is 0.238. The molecule has 11 nitrogen and oxygen atoms in total. The summed E-state index contributed by atoms with van der Waals surface area (Å²) in [4.78, 5) is 36.6. The molecule has 0 unspecified atom stereocenters. The van der Waals surface area contributed by atoms with Crippen LogP contribution >= 0.6 is 0 Å². The van der Waals surface area contributed by atoms with E-state index in [1.165, 1.54) is 35.3 Å². The molecule has 0 fully saturated rings. The predicted octanol–water partition coefficient (Wildman–Crippen LogP) is 1.43. The first-order valence-electron chi connectivity index (χ1n) is 9.98. The topological polar surface area (TPSA) is 137 Å². The average molecular weight is 474 g/mol. The maximum Gasteiger partial charge on any atom is 0.387 e. The predicted molar refractivity (Wildman–Crippen MR) is 113 cm³/mol. The molecule has 1 aromatic heterocycles. The van der Waals surface area contributed by atoms with Gasteiger partial charge in [0, 0.05) is 6.54 Å². The molecule has 0 aliphatic rings. The average Bonchev–Trinajstić information content (AvgIpc) is 3.31. The zero-order valence-corrected chi connectivity index (χ0v) is 17.7. The minimum absolute atomic E-state index is 0.0431. The number of rotatable bonds is 11. The molecular formula is C21H20F2N6O5. The van der Waals surface area contributed by atoms with Gasteiger partial charge in [-0.25, -0.2) is 9.48 Å². The summed E-state index contributed by atoms with van der Waals surface area (Å²) in [5.74, 6) is -1.73. The van der Waals surface area contributed by atoms with Crippen LogP contribution in [0.15, 0.2) is 54.9 Å². The zero-order chi connectivity index (χ0) is 24.3. The number of nitrogens with one attached hydrogen (secondary N) is 2. The number of carbonyl (C=O) groups is 3. The van der Waals surface area contributed by atoms with Crippen molar-refractivity contribution >= 4 is 23.5 Å². The van der Waals surface area contributed by atoms with Crippen LogP contribution in [0.5, 0.6) is 5.75 Å². The van der Waals surface area contributed by atoms with Crippen molar-refractivity contribution in [3.8, 4) is 5.75 Å². The van der Waals surface area contributed by atoms with E-state index in [4.69, 9.17) is 4.74 Å². The molecule has 2 aromatic carbocycles. The second kappa shape index (κ2) is 12.0. The molecule has 0 aliphatic carbocycles. The van der Waals surface area contributed by atoms with Gasteiger partial charge in [-0.1, -0.05) is 24.3 Å². The summed E-state index contributed by atoms with van der Waals surface area (Å²) < 4.78 is 34.9. The summed E-state index contributed by atoms with van der Waals surface area (Å²) in [6, 6.07) is 12.2. The van der Waals surface area contributed by atoms with E-state index in [1.54, 1.807) is 24.3 Å². The molecule has 0 spiro atoms. The summed E-state index contributed by atoms with van der Waals surface area (Å²) in [7, 11) is 0. The van der Waals surface area contributed by atoms with Gasteiger partial charge in [0.1, 0.15) is 18.6 Å². The number of tetrazole rings is 1. The molecule has 0 atom stereocenters. The van der Waals surface area contributed by atoms with Crippen LogP contribution in [0, 0.1) is 0 Å². The second-order valence-electron chi connectivity index (χ2n) is 6.80. The highest BCUT2D eigenvalue weighted by Gasteiger charge is 2.16. The molecule has 0 aliphatic heterocycles. The number of aromatic nitrogens is 4. The Balaban J connectivity index is 1.43. The van der Waals surface area contributed by atoms with Crippen molar-refractivity contribution in [2.24, 2.45) is 0 Å². The van der Waals surface area contributed by atoms with E-state index in [0.29, 0.717) is 6.42 Å².